The average Bonchev–Trinajstić information content (AvgIpc) is 2.86. The molecule has 0 aliphatic carbocycles. The van der Waals surface area contributed by atoms with Gasteiger partial charge in [-0.15, -0.1) is 0 Å². The molecule has 3 aromatic carbocycles. The molecule has 0 saturated heterocycles. The van der Waals surface area contributed by atoms with Crippen LogP contribution in [0, 0.1) is 13.8 Å². The van der Waals surface area contributed by atoms with Crippen LogP contribution in [0.5, 0.6) is 17.2 Å². The predicted octanol–water partition coefficient (Wildman–Crippen LogP) is 3.60. The third-order valence-electron chi connectivity index (χ3n) is 5.96. The van der Waals surface area contributed by atoms with Crippen molar-refractivity contribution in [3.63, 3.8) is 0 Å². The normalized spacial score (nSPS) is 12.9. The zero-order valence-corrected chi connectivity index (χ0v) is 23.1. The summed E-state index contributed by atoms with van der Waals surface area (Å²) in [6.45, 7) is 6.13. The highest BCUT2D eigenvalue weighted by Gasteiger charge is 2.18. The number of aliphatic hydroxyl groups is 1. The minimum atomic E-state index is -3.59. The molecule has 3 rings (SSSR count). The van der Waals surface area contributed by atoms with E-state index in [1.807, 2.05) is 38.1 Å². The lowest BCUT2D eigenvalue weighted by molar-refractivity contribution is -0.139. The Morgan fingerprint density at radius 3 is 2.21 bits per heavy atom. The largest absolute Gasteiger partial charge is 0.506 e. The molecule has 0 heterocycles. The molecule has 210 valence electrons. The number of carboxylic acid groups (broad SMARTS) is 1. The Hall–Kier alpha value is -3.80. The maximum Gasteiger partial charge on any atom is 0.341 e. The fourth-order valence-corrected chi connectivity index (χ4v) is 4.66. The van der Waals surface area contributed by atoms with Gasteiger partial charge in [0.1, 0.15) is 23.9 Å². The number of carbonyl (C=O) groups is 1. The molecule has 5 N–H and O–H groups in total. The fraction of sp³-hybridized carbons (Fsp3) is 0.321. The number of aryl methyl sites for hydroxylation is 2. The van der Waals surface area contributed by atoms with E-state index in [2.05, 4.69) is 10.0 Å². The number of ether oxygens (including phenoxy) is 2. The highest BCUT2D eigenvalue weighted by atomic mass is 32.2. The summed E-state index contributed by atoms with van der Waals surface area (Å²) in [5, 5.41) is 32.6. The number of carboxylic acids is 1. The van der Waals surface area contributed by atoms with E-state index >= 15 is 0 Å². The highest BCUT2D eigenvalue weighted by molar-refractivity contribution is 7.92. The molecule has 0 aliphatic rings. The van der Waals surface area contributed by atoms with Crippen LogP contribution in [0.15, 0.2) is 54.6 Å². The van der Waals surface area contributed by atoms with Gasteiger partial charge in [-0.25, -0.2) is 13.2 Å². The van der Waals surface area contributed by atoms with Crippen LogP contribution in [0.1, 0.15) is 29.7 Å². The second-order valence-electron chi connectivity index (χ2n) is 9.33. The van der Waals surface area contributed by atoms with Crippen LogP contribution in [0.25, 0.3) is 11.1 Å². The molecule has 0 fully saturated rings. The van der Waals surface area contributed by atoms with Crippen molar-refractivity contribution in [2.24, 2.45) is 0 Å². The van der Waals surface area contributed by atoms with E-state index < -0.39 is 28.7 Å². The van der Waals surface area contributed by atoms with Gasteiger partial charge in [-0.1, -0.05) is 18.2 Å². The molecule has 11 heteroatoms. The molecule has 0 aliphatic heterocycles. The maximum absolute atomic E-state index is 11.5. The van der Waals surface area contributed by atoms with Crippen LogP contribution in [0.3, 0.4) is 0 Å². The zero-order chi connectivity index (χ0) is 28.7. The average molecular weight is 559 g/mol. The minimum absolute atomic E-state index is 0.00134. The van der Waals surface area contributed by atoms with Crippen LogP contribution in [0.4, 0.5) is 5.69 Å². The summed E-state index contributed by atoms with van der Waals surface area (Å²) in [5.74, 6) is -0.0101. The van der Waals surface area contributed by atoms with Gasteiger partial charge in [0.05, 0.1) is 18.0 Å². The molecule has 0 unspecified atom stereocenters. The Bertz CT molecular complexity index is 1380. The number of hydrogen-bond acceptors (Lipinski definition) is 8. The van der Waals surface area contributed by atoms with Gasteiger partial charge >= 0.3 is 5.97 Å². The Morgan fingerprint density at radius 1 is 0.974 bits per heavy atom. The van der Waals surface area contributed by atoms with E-state index in [9.17, 15) is 23.4 Å². The first-order valence-corrected chi connectivity index (χ1v) is 14.1. The number of benzene rings is 3. The van der Waals surface area contributed by atoms with E-state index in [-0.39, 0.29) is 17.5 Å². The molecule has 0 spiro atoms. The van der Waals surface area contributed by atoms with E-state index in [4.69, 9.17) is 14.6 Å². The van der Waals surface area contributed by atoms with E-state index in [0.717, 1.165) is 34.3 Å². The van der Waals surface area contributed by atoms with Crippen molar-refractivity contribution in [2.45, 2.75) is 32.9 Å². The van der Waals surface area contributed by atoms with Crippen LogP contribution < -0.4 is 19.5 Å². The molecule has 2 atom stereocenters. The predicted molar refractivity (Wildman–Crippen MR) is 149 cm³/mol. The smallest absolute Gasteiger partial charge is 0.341 e. The van der Waals surface area contributed by atoms with Gasteiger partial charge in [0, 0.05) is 12.6 Å². The molecular weight excluding hydrogens is 524 g/mol. The Morgan fingerprint density at radius 2 is 1.62 bits per heavy atom. The summed E-state index contributed by atoms with van der Waals surface area (Å²) in [5.41, 5.74) is 4.32. The molecule has 0 saturated carbocycles. The van der Waals surface area contributed by atoms with Crippen molar-refractivity contribution < 1.29 is 38.0 Å². The summed E-state index contributed by atoms with van der Waals surface area (Å²) in [7, 11) is -3.59. The monoisotopic (exact) mass is 558 g/mol. The topological polar surface area (TPSA) is 154 Å². The molecule has 0 radical (unpaired) electrons. The molecule has 10 nitrogen and oxygen atoms in total. The van der Waals surface area contributed by atoms with E-state index in [1.165, 1.54) is 18.2 Å². The van der Waals surface area contributed by atoms with Crippen molar-refractivity contribution in [3.8, 4) is 28.4 Å². The molecular formula is C28H34N2O8S. The van der Waals surface area contributed by atoms with Gasteiger partial charge in [-0.3, -0.25) is 4.72 Å². The minimum Gasteiger partial charge on any atom is -0.506 e. The van der Waals surface area contributed by atoms with Gasteiger partial charge in [-0.2, -0.15) is 0 Å². The van der Waals surface area contributed by atoms with Crippen LogP contribution in [0.2, 0.25) is 0 Å². The third kappa shape index (κ3) is 8.60. The van der Waals surface area contributed by atoms with E-state index in [1.54, 1.807) is 19.1 Å². The first-order chi connectivity index (χ1) is 18.3. The first-order valence-electron chi connectivity index (χ1n) is 12.3. The number of rotatable bonds is 13. The quantitative estimate of drug-likeness (QED) is 0.156. The summed E-state index contributed by atoms with van der Waals surface area (Å²) >= 11 is 0. The summed E-state index contributed by atoms with van der Waals surface area (Å²) in [4.78, 5) is 10.7. The molecule has 0 amide bonds. The van der Waals surface area contributed by atoms with Gasteiger partial charge in [0.25, 0.3) is 0 Å². The van der Waals surface area contributed by atoms with Gasteiger partial charge in [0.15, 0.2) is 6.61 Å². The molecule has 0 bridgehead atoms. The number of aromatic hydroxyl groups is 1. The molecule has 39 heavy (non-hydrogen) atoms. The van der Waals surface area contributed by atoms with Crippen molar-refractivity contribution in [1.82, 2.24) is 5.32 Å². The Kier molecular flexibility index (Phi) is 9.79. The lowest BCUT2D eigenvalue weighted by Gasteiger charge is -2.22. The van der Waals surface area contributed by atoms with Crippen molar-refractivity contribution in [2.75, 3.05) is 30.7 Å². The summed E-state index contributed by atoms with van der Waals surface area (Å²) < 4.78 is 36.5. The van der Waals surface area contributed by atoms with E-state index in [0.29, 0.717) is 24.5 Å². The second kappa shape index (κ2) is 12.8. The number of sulfonamides is 1. The lowest BCUT2D eigenvalue weighted by Crippen LogP contribution is -2.35. The lowest BCUT2D eigenvalue weighted by atomic mass is 9.99. The van der Waals surface area contributed by atoms with Crippen LogP contribution in [-0.2, 0) is 14.8 Å². The number of nitrogens with one attached hydrogen (secondary N) is 2. The summed E-state index contributed by atoms with van der Waals surface area (Å²) in [6.07, 6.45) is 0.0322. The summed E-state index contributed by atoms with van der Waals surface area (Å²) in [6, 6.07) is 15.1. The third-order valence-corrected chi connectivity index (χ3v) is 6.55. The number of anilines is 1. The number of phenols is 1. The number of hydrogen-bond donors (Lipinski definition) is 5. The van der Waals surface area contributed by atoms with Gasteiger partial charge in [0.2, 0.25) is 10.0 Å². The molecule has 3 aromatic rings. The fourth-order valence-electron chi connectivity index (χ4n) is 4.09. The van der Waals surface area contributed by atoms with Crippen molar-refractivity contribution in [1.29, 1.82) is 0 Å². The van der Waals surface area contributed by atoms with Gasteiger partial charge < -0.3 is 30.1 Å². The molecule has 0 aromatic heterocycles. The van der Waals surface area contributed by atoms with Crippen LogP contribution in [-0.4, -0.2) is 61.8 Å². The number of aliphatic carboxylic acids is 1. The zero-order valence-electron chi connectivity index (χ0n) is 22.3. The van der Waals surface area contributed by atoms with Crippen molar-refractivity contribution >= 4 is 21.7 Å². The standard InChI is InChI=1S/C28H34N2O8S/c1-17-13-22(20-5-8-23(9-6-20)38-16-26(32)33)14-18(2)28(17)37-12-11-29-19(3)27(34)21-7-10-25(31)24(15-21)30-39(4,35)36/h5-10,13-15,19,27,29-31,34H,11-12,16H2,1-4H3,(H,32,33)/t19-,27-/m1/s1. The van der Waals surface area contributed by atoms with Crippen molar-refractivity contribution in [3.05, 3.63) is 71.3 Å². The Labute approximate surface area is 228 Å². The van der Waals surface area contributed by atoms with Crippen LogP contribution >= 0.6 is 0 Å². The highest BCUT2D eigenvalue weighted by Crippen LogP contribution is 2.31. The second-order valence-corrected chi connectivity index (χ2v) is 11.1. The maximum atomic E-state index is 11.5. The van der Waals surface area contributed by atoms with Gasteiger partial charge in [-0.05, 0) is 85.0 Å². The Balaban J connectivity index is 1.56. The number of aliphatic hydroxyl groups excluding tert-OH is 1. The number of phenolic OH excluding ortho intramolecular Hbond substituents is 1. The first kappa shape index (κ1) is 29.8. The SMILES string of the molecule is Cc1cc(-c2ccc(OCC(=O)O)cc2)cc(C)c1OCCN[C@H](C)[C@@H](O)c1ccc(O)c(NS(C)(=O)=O)c1.